The highest BCUT2D eigenvalue weighted by atomic mass is 19.1. The lowest BCUT2D eigenvalue weighted by molar-refractivity contribution is 0.299. The Bertz CT molecular complexity index is 1220. The van der Waals surface area contributed by atoms with Crippen molar-refractivity contribution in [3.8, 4) is 11.3 Å². The number of nitrogens with one attached hydrogen (secondary N) is 1. The number of rotatable bonds is 5. The minimum absolute atomic E-state index is 0.0635. The van der Waals surface area contributed by atoms with E-state index in [4.69, 9.17) is 10.1 Å². The van der Waals surface area contributed by atoms with E-state index >= 15 is 0 Å². The number of nitrogens with zero attached hydrogens (tertiary/aromatic N) is 2. The van der Waals surface area contributed by atoms with Gasteiger partial charge in [-0.3, -0.25) is 0 Å². The first-order valence-electron chi connectivity index (χ1n) is 10.4. The third kappa shape index (κ3) is 3.80. The van der Waals surface area contributed by atoms with Gasteiger partial charge >= 0.3 is 0 Å². The van der Waals surface area contributed by atoms with Crippen LogP contribution in [0.4, 0.5) is 16.0 Å². The van der Waals surface area contributed by atoms with Gasteiger partial charge in [0.05, 0.1) is 5.69 Å². The predicted molar refractivity (Wildman–Crippen MR) is 120 cm³/mol. The summed E-state index contributed by atoms with van der Waals surface area (Å²) in [4.78, 5) is 9.32. The SMILES string of the molecule is OCCc1ccc(Nc2ncc3c(n2)-c2ccccc2C(c2ccccc2F)C3)cc1. The lowest BCUT2D eigenvalue weighted by atomic mass is 9.78. The van der Waals surface area contributed by atoms with Crippen LogP contribution in [0.2, 0.25) is 0 Å². The van der Waals surface area contributed by atoms with E-state index in [1.54, 1.807) is 6.07 Å². The van der Waals surface area contributed by atoms with Crippen LogP contribution in [0.15, 0.2) is 79.0 Å². The van der Waals surface area contributed by atoms with Crippen molar-refractivity contribution in [1.29, 1.82) is 0 Å². The van der Waals surface area contributed by atoms with Gasteiger partial charge in [-0.25, -0.2) is 14.4 Å². The molecule has 0 bridgehead atoms. The summed E-state index contributed by atoms with van der Waals surface area (Å²) in [5.74, 6) is 0.272. The zero-order valence-electron chi connectivity index (χ0n) is 16.9. The maximum Gasteiger partial charge on any atom is 0.227 e. The molecule has 0 saturated carbocycles. The van der Waals surface area contributed by atoms with E-state index < -0.39 is 0 Å². The van der Waals surface area contributed by atoms with Crippen molar-refractivity contribution in [2.24, 2.45) is 0 Å². The number of fused-ring (bicyclic) bond motifs is 3. The highest BCUT2D eigenvalue weighted by Gasteiger charge is 2.28. The van der Waals surface area contributed by atoms with Gasteiger partial charge < -0.3 is 10.4 Å². The maximum absolute atomic E-state index is 14.6. The van der Waals surface area contributed by atoms with E-state index in [0.717, 1.165) is 33.6 Å². The Hall–Kier alpha value is -3.57. The molecule has 0 saturated heterocycles. The molecule has 154 valence electrons. The Morgan fingerprint density at radius 3 is 2.45 bits per heavy atom. The van der Waals surface area contributed by atoms with Crippen LogP contribution < -0.4 is 5.32 Å². The summed E-state index contributed by atoms with van der Waals surface area (Å²) in [5, 5.41) is 12.3. The van der Waals surface area contributed by atoms with Gasteiger partial charge in [0.25, 0.3) is 0 Å². The van der Waals surface area contributed by atoms with Crippen LogP contribution in [0.5, 0.6) is 0 Å². The lowest BCUT2D eigenvalue weighted by Gasteiger charge is -2.27. The molecule has 3 aromatic carbocycles. The molecule has 31 heavy (non-hydrogen) atoms. The number of benzene rings is 3. The van der Waals surface area contributed by atoms with E-state index in [1.165, 1.54) is 6.07 Å². The summed E-state index contributed by atoms with van der Waals surface area (Å²) in [7, 11) is 0. The molecule has 5 rings (SSSR count). The Labute approximate surface area is 180 Å². The van der Waals surface area contributed by atoms with E-state index in [1.807, 2.05) is 60.8 Å². The second kappa shape index (κ2) is 8.28. The Balaban J connectivity index is 1.49. The number of aliphatic hydroxyl groups excluding tert-OH is 1. The van der Waals surface area contributed by atoms with Gasteiger partial charge in [-0.15, -0.1) is 0 Å². The minimum atomic E-state index is -0.186. The van der Waals surface area contributed by atoms with Crippen molar-refractivity contribution in [3.05, 3.63) is 107 Å². The monoisotopic (exact) mass is 411 g/mol. The second-order valence-electron chi connectivity index (χ2n) is 7.73. The molecule has 4 nitrogen and oxygen atoms in total. The fourth-order valence-electron chi connectivity index (χ4n) is 4.24. The van der Waals surface area contributed by atoms with Crippen molar-refractivity contribution in [2.75, 3.05) is 11.9 Å². The van der Waals surface area contributed by atoms with E-state index in [9.17, 15) is 4.39 Å². The fourth-order valence-corrected chi connectivity index (χ4v) is 4.24. The minimum Gasteiger partial charge on any atom is -0.396 e. The van der Waals surface area contributed by atoms with Crippen molar-refractivity contribution >= 4 is 11.6 Å². The molecule has 0 amide bonds. The van der Waals surface area contributed by atoms with Gasteiger partial charge in [0.1, 0.15) is 5.82 Å². The molecular formula is C26H22FN3O. The average Bonchev–Trinajstić information content (AvgIpc) is 2.81. The summed E-state index contributed by atoms with van der Waals surface area (Å²) in [5.41, 5.74) is 6.65. The highest BCUT2D eigenvalue weighted by Crippen LogP contribution is 2.42. The fraction of sp³-hybridized carbons (Fsp3) is 0.154. The number of anilines is 2. The highest BCUT2D eigenvalue weighted by molar-refractivity contribution is 5.73. The number of hydrogen-bond donors (Lipinski definition) is 2. The maximum atomic E-state index is 14.6. The molecule has 1 aliphatic rings. The van der Waals surface area contributed by atoms with Crippen LogP contribution >= 0.6 is 0 Å². The van der Waals surface area contributed by atoms with Crippen LogP contribution in [0, 0.1) is 5.82 Å². The smallest absolute Gasteiger partial charge is 0.227 e. The van der Waals surface area contributed by atoms with Gasteiger partial charge in [-0.05, 0) is 53.3 Å². The Kier molecular flexibility index (Phi) is 5.18. The molecule has 0 spiro atoms. The third-order valence-corrected chi connectivity index (χ3v) is 5.77. The molecule has 0 aliphatic heterocycles. The van der Waals surface area contributed by atoms with Gasteiger partial charge in [-0.1, -0.05) is 54.6 Å². The van der Waals surface area contributed by atoms with Crippen molar-refractivity contribution < 1.29 is 9.50 Å². The molecule has 5 heteroatoms. The van der Waals surface area contributed by atoms with Crippen LogP contribution in [0.1, 0.15) is 28.2 Å². The third-order valence-electron chi connectivity index (χ3n) is 5.77. The number of aromatic nitrogens is 2. The van der Waals surface area contributed by atoms with E-state index in [-0.39, 0.29) is 18.3 Å². The van der Waals surface area contributed by atoms with Gasteiger partial charge in [0.2, 0.25) is 5.95 Å². The van der Waals surface area contributed by atoms with E-state index in [2.05, 4.69) is 16.4 Å². The number of hydrogen-bond acceptors (Lipinski definition) is 4. The second-order valence-corrected chi connectivity index (χ2v) is 7.73. The summed E-state index contributed by atoms with van der Waals surface area (Å²) in [6, 6.07) is 22.9. The van der Waals surface area contributed by atoms with Gasteiger partial charge in [-0.2, -0.15) is 0 Å². The predicted octanol–water partition coefficient (Wildman–Crippen LogP) is 5.25. The van der Waals surface area contributed by atoms with Crippen LogP contribution in [-0.2, 0) is 12.8 Å². The molecule has 0 fully saturated rings. The molecule has 1 aromatic heterocycles. The van der Waals surface area contributed by atoms with Crippen LogP contribution in [-0.4, -0.2) is 21.7 Å². The Morgan fingerprint density at radius 2 is 1.68 bits per heavy atom. The lowest BCUT2D eigenvalue weighted by Crippen LogP contribution is -2.16. The summed E-state index contributed by atoms with van der Waals surface area (Å²) < 4.78 is 14.6. The first kappa shape index (κ1) is 19.4. The zero-order chi connectivity index (χ0) is 21.2. The molecule has 1 heterocycles. The van der Waals surface area contributed by atoms with Crippen molar-refractivity contribution in [2.45, 2.75) is 18.8 Å². The molecule has 1 aliphatic carbocycles. The quantitative estimate of drug-likeness (QED) is 0.471. The number of aliphatic hydroxyl groups is 1. The molecule has 1 atom stereocenters. The zero-order valence-corrected chi connectivity index (χ0v) is 16.9. The standard InChI is InChI=1S/C26H22FN3O/c27-24-8-4-3-6-21(24)23-15-18-16-28-26(29-19-11-9-17(10-12-19)13-14-31)30-25(18)22-7-2-1-5-20(22)23/h1-12,16,23,31H,13-15H2,(H,28,29,30). The normalized spacial score (nSPS) is 14.6. The topological polar surface area (TPSA) is 58.0 Å². The number of halogens is 1. The summed E-state index contributed by atoms with van der Waals surface area (Å²) in [6.45, 7) is 0.133. The van der Waals surface area contributed by atoms with Crippen LogP contribution in [0.3, 0.4) is 0 Å². The van der Waals surface area contributed by atoms with Gasteiger partial charge in [0.15, 0.2) is 0 Å². The molecule has 2 N–H and O–H groups in total. The first-order chi connectivity index (χ1) is 15.2. The molecule has 4 aromatic rings. The first-order valence-corrected chi connectivity index (χ1v) is 10.4. The van der Waals surface area contributed by atoms with Crippen molar-refractivity contribution in [1.82, 2.24) is 9.97 Å². The summed E-state index contributed by atoms with van der Waals surface area (Å²) in [6.07, 6.45) is 3.13. The summed E-state index contributed by atoms with van der Waals surface area (Å²) >= 11 is 0. The largest absolute Gasteiger partial charge is 0.396 e. The van der Waals surface area contributed by atoms with Crippen LogP contribution in [0.25, 0.3) is 11.3 Å². The molecular weight excluding hydrogens is 389 g/mol. The van der Waals surface area contributed by atoms with Gasteiger partial charge in [0, 0.05) is 30.0 Å². The molecule has 0 radical (unpaired) electrons. The van der Waals surface area contributed by atoms with E-state index in [0.29, 0.717) is 24.4 Å². The van der Waals surface area contributed by atoms with Crippen molar-refractivity contribution in [3.63, 3.8) is 0 Å². The Morgan fingerprint density at radius 1 is 0.935 bits per heavy atom. The molecule has 1 unspecified atom stereocenters. The average molecular weight is 411 g/mol.